The lowest BCUT2D eigenvalue weighted by Crippen LogP contribution is -2.53. The molecule has 1 atom stereocenters. The predicted molar refractivity (Wildman–Crippen MR) is 186 cm³/mol. The maximum atomic E-state index is 14.6. The van der Waals surface area contributed by atoms with Crippen molar-refractivity contribution in [3.8, 4) is 0 Å². The second-order valence-electron chi connectivity index (χ2n) is 10.6. The molecule has 4 aromatic carbocycles. The highest BCUT2D eigenvalue weighted by Gasteiger charge is 2.36. The Morgan fingerprint density at radius 3 is 2.04 bits per heavy atom. The van der Waals surface area contributed by atoms with Crippen LogP contribution < -0.4 is 9.62 Å². The maximum Gasteiger partial charge on any atom is 0.264 e. The first kappa shape index (κ1) is 35.6. The van der Waals surface area contributed by atoms with Gasteiger partial charge in [0.15, 0.2) is 0 Å². The number of sulfonamides is 1. The largest absolute Gasteiger partial charge is 0.354 e. The van der Waals surface area contributed by atoms with Crippen molar-refractivity contribution < 1.29 is 18.0 Å². The molecule has 0 spiro atoms. The molecular weight excluding hydrogens is 688 g/mol. The van der Waals surface area contributed by atoms with E-state index in [4.69, 9.17) is 46.4 Å². The second kappa shape index (κ2) is 16.0. The summed E-state index contributed by atoms with van der Waals surface area (Å²) in [6.07, 6.45) is 0.816. The molecule has 0 radical (unpaired) electrons. The lowest BCUT2D eigenvalue weighted by molar-refractivity contribution is -0.140. The molecular formula is C34H33Cl4N3O4S. The standard InChI is InChI=1S/C34H33Cl4N3O4S/c1-3-19-39-34(43)31(20-24-9-5-4-6-10-24)40(21-26-27(35)11-7-12-28(26)36)32(42)22-41(30-14-8-13-29(37)33(30)38)46(44,45)25-17-15-23(2)16-18-25/h4-18,31H,3,19-22H2,1-2H3,(H,39,43). The van der Waals surface area contributed by atoms with Crippen LogP contribution >= 0.6 is 46.4 Å². The summed E-state index contributed by atoms with van der Waals surface area (Å²) in [7, 11) is -4.36. The molecule has 0 aliphatic rings. The van der Waals surface area contributed by atoms with Crippen molar-refractivity contribution in [3.63, 3.8) is 0 Å². The van der Waals surface area contributed by atoms with E-state index in [0.29, 0.717) is 28.6 Å². The van der Waals surface area contributed by atoms with Gasteiger partial charge in [-0.3, -0.25) is 13.9 Å². The smallest absolute Gasteiger partial charge is 0.264 e. The quantitative estimate of drug-likeness (QED) is 0.152. The lowest BCUT2D eigenvalue weighted by atomic mass is 10.0. The Balaban J connectivity index is 1.86. The van der Waals surface area contributed by atoms with Gasteiger partial charge >= 0.3 is 0 Å². The summed E-state index contributed by atoms with van der Waals surface area (Å²) in [5.41, 5.74) is 2.07. The van der Waals surface area contributed by atoms with Gasteiger partial charge in [-0.25, -0.2) is 8.42 Å². The summed E-state index contributed by atoms with van der Waals surface area (Å²) in [6.45, 7) is 3.26. The van der Waals surface area contributed by atoms with E-state index in [-0.39, 0.29) is 33.6 Å². The highest BCUT2D eigenvalue weighted by atomic mass is 35.5. The molecule has 46 heavy (non-hydrogen) atoms. The van der Waals surface area contributed by atoms with Crippen molar-refractivity contribution >= 4 is 73.9 Å². The number of hydrogen-bond donors (Lipinski definition) is 1. The molecule has 0 aliphatic carbocycles. The lowest BCUT2D eigenvalue weighted by Gasteiger charge is -2.34. The van der Waals surface area contributed by atoms with Gasteiger partial charge in [0, 0.05) is 35.1 Å². The van der Waals surface area contributed by atoms with Crippen LogP contribution in [0.2, 0.25) is 20.1 Å². The van der Waals surface area contributed by atoms with Crippen LogP contribution in [-0.4, -0.2) is 44.3 Å². The van der Waals surface area contributed by atoms with Crippen molar-refractivity contribution in [2.45, 2.75) is 44.2 Å². The Hall–Kier alpha value is -3.27. The zero-order valence-corrected chi connectivity index (χ0v) is 29.1. The number of carbonyl (C=O) groups excluding carboxylic acids is 2. The highest BCUT2D eigenvalue weighted by Crippen LogP contribution is 2.36. The van der Waals surface area contributed by atoms with Crippen LogP contribution in [0.4, 0.5) is 5.69 Å². The Morgan fingerprint density at radius 1 is 0.804 bits per heavy atom. The molecule has 2 amide bonds. The van der Waals surface area contributed by atoms with Crippen molar-refractivity contribution in [3.05, 3.63) is 128 Å². The van der Waals surface area contributed by atoms with Gasteiger partial charge in [-0.2, -0.15) is 0 Å². The third kappa shape index (κ3) is 8.55. The molecule has 0 aliphatic heterocycles. The molecule has 12 heteroatoms. The molecule has 7 nitrogen and oxygen atoms in total. The number of nitrogens with zero attached hydrogens (tertiary/aromatic N) is 2. The average Bonchev–Trinajstić information content (AvgIpc) is 3.03. The summed E-state index contributed by atoms with van der Waals surface area (Å²) >= 11 is 26.0. The van der Waals surface area contributed by atoms with E-state index in [9.17, 15) is 18.0 Å². The molecule has 242 valence electrons. The van der Waals surface area contributed by atoms with E-state index in [0.717, 1.165) is 15.4 Å². The SMILES string of the molecule is CCCNC(=O)C(Cc1ccccc1)N(Cc1c(Cl)cccc1Cl)C(=O)CN(c1cccc(Cl)c1Cl)S(=O)(=O)c1ccc(C)cc1. The van der Waals surface area contributed by atoms with Crippen LogP contribution in [0.15, 0.2) is 95.9 Å². The van der Waals surface area contributed by atoms with Crippen LogP contribution in [-0.2, 0) is 32.6 Å². The molecule has 1 unspecified atom stereocenters. The number of rotatable bonds is 13. The molecule has 1 N–H and O–H groups in total. The number of aryl methyl sites for hydroxylation is 1. The van der Waals surface area contributed by atoms with E-state index < -0.39 is 34.4 Å². The zero-order chi connectivity index (χ0) is 33.4. The minimum absolute atomic E-state index is 0.00821. The van der Waals surface area contributed by atoms with Crippen molar-refractivity contribution in [1.29, 1.82) is 0 Å². The first-order valence-electron chi connectivity index (χ1n) is 14.5. The fourth-order valence-corrected chi connectivity index (χ4v) is 7.20. The molecule has 0 saturated carbocycles. The molecule has 0 bridgehead atoms. The number of halogens is 4. The van der Waals surface area contributed by atoms with Crippen LogP contribution in [0.25, 0.3) is 0 Å². The number of hydrogen-bond acceptors (Lipinski definition) is 4. The summed E-state index contributed by atoms with van der Waals surface area (Å²) < 4.78 is 29.3. The van der Waals surface area contributed by atoms with Crippen LogP contribution in [0, 0.1) is 6.92 Å². The monoisotopic (exact) mass is 719 g/mol. The Bertz CT molecular complexity index is 1770. The van der Waals surface area contributed by atoms with E-state index >= 15 is 0 Å². The van der Waals surface area contributed by atoms with Gasteiger partial charge in [-0.15, -0.1) is 0 Å². The molecule has 0 fully saturated rings. The Kier molecular flexibility index (Phi) is 12.4. The van der Waals surface area contributed by atoms with Crippen LogP contribution in [0.3, 0.4) is 0 Å². The Labute approximate surface area is 290 Å². The zero-order valence-electron chi connectivity index (χ0n) is 25.2. The fourth-order valence-electron chi connectivity index (χ4n) is 4.81. The molecule has 0 aromatic heterocycles. The number of anilines is 1. The van der Waals surface area contributed by atoms with Gasteiger partial charge in [0.25, 0.3) is 10.0 Å². The van der Waals surface area contributed by atoms with E-state index in [2.05, 4.69) is 5.32 Å². The normalized spacial score (nSPS) is 12.0. The van der Waals surface area contributed by atoms with Crippen molar-refractivity contribution in [2.24, 2.45) is 0 Å². The third-order valence-electron chi connectivity index (χ3n) is 7.30. The minimum Gasteiger partial charge on any atom is -0.354 e. The van der Waals surface area contributed by atoms with Crippen molar-refractivity contribution in [2.75, 3.05) is 17.4 Å². The van der Waals surface area contributed by atoms with Crippen LogP contribution in [0.5, 0.6) is 0 Å². The minimum atomic E-state index is -4.36. The van der Waals surface area contributed by atoms with Gasteiger partial charge < -0.3 is 10.2 Å². The topological polar surface area (TPSA) is 86.8 Å². The molecule has 4 rings (SSSR count). The van der Waals surface area contributed by atoms with Crippen LogP contribution in [0.1, 0.15) is 30.0 Å². The highest BCUT2D eigenvalue weighted by molar-refractivity contribution is 7.92. The molecule has 0 heterocycles. The first-order chi connectivity index (χ1) is 21.9. The van der Waals surface area contributed by atoms with E-state index in [1.54, 1.807) is 36.4 Å². The van der Waals surface area contributed by atoms with Crippen molar-refractivity contribution in [1.82, 2.24) is 10.2 Å². The second-order valence-corrected chi connectivity index (χ2v) is 14.1. The third-order valence-corrected chi connectivity index (χ3v) is 10.6. The van der Waals surface area contributed by atoms with Gasteiger partial charge in [0.2, 0.25) is 11.8 Å². The molecule has 4 aromatic rings. The van der Waals surface area contributed by atoms with Gasteiger partial charge in [0.1, 0.15) is 12.6 Å². The number of nitrogens with one attached hydrogen (secondary N) is 1. The summed E-state index contributed by atoms with van der Waals surface area (Å²) in [5, 5.41) is 3.54. The fraction of sp³-hybridized carbons (Fsp3) is 0.235. The van der Waals surface area contributed by atoms with E-state index in [1.165, 1.54) is 29.2 Å². The number of amides is 2. The number of benzene rings is 4. The summed E-state index contributed by atoms with van der Waals surface area (Å²) in [5.74, 6) is -1.09. The predicted octanol–water partition coefficient (Wildman–Crippen LogP) is 7.97. The Morgan fingerprint density at radius 2 is 1.41 bits per heavy atom. The van der Waals surface area contributed by atoms with Gasteiger partial charge in [-0.1, -0.05) is 113 Å². The average molecular weight is 722 g/mol. The number of carbonyl (C=O) groups is 2. The summed E-state index contributed by atoms with van der Waals surface area (Å²) in [4.78, 5) is 29.6. The van der Waals surface area contributed by atoms with E-state index in [1.807, 2.05) is 44.2 Å². The molecule has 0 saturated heterocycles. The van der Waals surface area contributed by atoms with Gasteiger partial charge in [-0.05, 0) is 55.3 Å². The first-order valence-corrected chi connectivity index (χ1v) is 17.5. The van der Waals surface area contributed by atoms with Gasteiger partial charge in [0.05, 0.1) is 20.6 Å². The summed E-state index contributed by atoms with van der Waals surface area (Å²) in [6, 6.07) is 23.9. The maximum absolute atomic E-state index is 14.6.